The molecule has 0 atom stereocenters. The number of carbonyl (C=O) groups is 1. The Bertz CT molecular complexity index is 910. The van der Waals surface area contributed by atoms with Crippen LogP contribution in [0.1, 0.15) is 30.2 Å². The van der Waals surface area contributed by atoms with Gasteiger partial charge >= 0.3 is 0 Å². The number of aromatic amines is 1. The van der Waals surface area contributed by atoms with Gasteiger partial charge in [-0.2, -0.15) is 5.10 Å². The van der Waals surface area contributed by atoms with Crippen LogP contribution in [-0.2, 0) is 0 Å². The number of anilines is 1. The van der Waals surface area contributed by atoms with Gasteiger partial charge in [0.15, 0.2) is 0 Å². The fourth-order valence-corrected chi connectivity index (χ4v) is 2.45. The first-order valence-corrected chi connectivity index (χ1v) is 7.70. The minimum atomic E-state index is -0.460. The van der Waals surface area contributed by atoms with Crippen LogP contribution in [-0.4, -0.2) is 20.7 Å². The van der Waals surface area contributed by atoms with Crippen molar-refractivity contribution < 1.29 is 4.79 Å². The van der Waals surface area contributed by atoms with E-state index in [2.05, 4.69) is 15.4 Å². The molecule has 2 aromatic heterocycles. The quantitative estimate of drug-likeness (QED) is 0.774. The minimum Gasteiger partial charge on any atom is -0.321 e. The van der Waals surface area contributed by atoms with Gasteiger partial charge < -0.3 is 10.3 Å². The van der Waals surface area contributed by atoms with E-state index in [-0.39, 0.29) is 11.6 Å². The highest BCUT2D eigenvalue weighted by Crippen LogP contribution is 2.16. The Kier molecular flexibility index (Phi) is 4.29. The van der Waals surface area contributed by atoms with Crippen LogP contribution < -0.4 is 10.9 Å². The average Bonchev–Trinajstić information content (AvgIpc) is 3.03. The standard InChI is InChI=1S/C18H18N4O2/c1-12(2)22-16(10-11-19-22)21-18(24)14-8-9-15(20-17(14)23)13-6-4-3-5-7-13/h3-12H,1-2H3,(H,20,23)(H,21,24). The highest BCUT2D eigenvalue weighted by atomic mass is 16.2. The van der Waals surface area contributed by atoms with Gasteiger partial charge in [0.05, 0.1) is 6.20 Å². The molecule has 0 saturated carbocycles. The molecule has 0 unspecified atom stereocenters. The second-order valence-corrected chi connectivity index (χ2v) is 5.69. The van der Waals surface area contributed by atoms with Crippen LogP contribution in [0.4, 0.5) is 5.82 Å². The SMILES string of the molecule is CC(C)n1nccc1NC(=O)c1ccc(-c2ccccc2)[nH]c1=O. The zero-order chi connectivity index (χ0) is 17.1. The Morgan fingerprint density at radius 1 is 1.12 bits per heavy atom. The first-order chi connectivity index (χ1) is 11.6. The Labute approximate surface area is 139 Å². The molecule has 0 aliphatic heterocycles. The van der Waals surface area contributed by atoms with E-state index in [1.807, 2.05) is 44.2 Å². The number of hydrogen-bond donors (Lipinski definition) is 2. The molecule has 3 aromatic rings. The lowest BCUT2D eigenvalue weighted by atomic mass is 10.1. The van der Waals surface area contributed by atoms with Crippen LogP contribution in [0.2, 0.25) is 0 Å². The molecule has 0 aliphatic carbocycles. The molecule has 24 heavy (non-hydrogen) atoms. The van der Waals surface area contributed by atoms with Crippen molar-refractivity contribution in [2.45, 2.75) is 19.9 Å². The van der Waals surface area contributed by atoms with Crippen LogP contribution in [0.3, 0.4) is 0 Å². The van der Waals surface area contributed by atoms with Crippen molar-refractivity contribution in [1.29, 1.82) is 0 Å². The van der Waals surface area contributed by atoms with Crippen molar-refractivity contribution in [2.75, 3.05) is 5.32 Å². The largest absolute Gasteiger partial charge is 0.321 e. The predicted molar refractivity (Wildman–Crippen MR) is 93.1 cm³/mol. The third-order valence-electron chi connectivity index (χ3n) is 3.64. The smallest absolute Gasteiger partial charge is 0.262 e. The molecule has 0 saturated heterocycles. The molecule has 122 valence electrons. The first-order valence-electron chi connectivity index (χ1n) is 7.70. The fraction of sp³-hybridized carbons (Fsp3) is 0.167. The molecule has 6 nitrogen and oxygen atoms in total. The van der Waals surface area contributed by atoms with Gasteiger partial charge in [0, 0.05) is 17.8 Å². The third-order valence-corrected chi connectivity index (χ3v) is 3.64. The molecule has 0 spiro atoms. The van der Waals surface area contributed by atoms with Gasteiger partial charge in [-0.1, -0.05) is 30.3 Å². The summed E-state index contributed by atoms with van der Waals surface area (Å²) < 4.78 is 1.68. The van der Waals surface area contributed by atoms with E-state index in [0.29, 0.717) is 11.5 Å². The van der Waals surface area contributed by atoms with Crippen molar-refractivity contribution in [2.24, 2.45) is 0 Å². The lowest BCUT2D eigenvalue weighted by Gasteiger charge is -2.11. The summed E-state index contributed by atoms with van der Waals surface area (Å²) in [6, 6.07) is 14.5. The van der Waals surface area contributed by atoms with E-state index in [1.165, 1.54) is 6.07 Å². The Balaban J connectivity index is 1.86. The molecule has 0 aliphatic rings. The number of aromatic nitrogens is 3. The van der Waals surface area contributed by atoms with E-state index < -0.39 is 11.5 Å². The van der Waals surface area contributed by atoms with Crippen LogP contribution >= 0.6 is 0 Å². The summed E-state index contributed by atoms with van der Waals surface area (Å²) in [7, 11) is 0. The molecular weight excluding hydrogens is 304 g/mol. The van der Waals surface area contributed by atoms with Gasteiger partial charge in [0.2, 0.25) is 0 Å². The van der Waals surface area contributed by atoms with E-state index in [9.17, 15) is 9.59 Å². The molecule has 0 radical (unpaired) electrons. The summed E-state index contributed by atoms with van der Waals surface area (Å²) in [5.41, 5.74) is 1.19. The molecule has 2 heterocycles. The van der Waals surface area contributed by atoms with E-state index >= 15 is 0 Å². The Hall–Kier alpha value is -3.15. The minimum absolute atomic E-state index is 0.0613. The molecule has 6 heteroatoms. The van der Waals surface area contributed by atoms with Crippen LogP contribution in [0.15, 0.2) is 59.5 Å². The number of pyridine rings is 1. The van der Waals surface area contributed by atoms with E-state index in [4.69, 9.17) is 0 Å². The normalized spacial score (nSPS) is 10.8. The monoisotopic (exact) mass is 322 g/mol. The predicted octanol–water partition coefficient (Wildman–Crippen LogP) is 3.07. The summed E-state index contributed by atoms with van der Waals surface area (Å²) in [5, 5.41) is 6.88. The van der Waals surface area contributed by atoms with Crippen molar-refractivity contribution in [3.05, 3.63) is 70.6 Å². The number of hydrogen-bond acceptors (Lipinski definition) is 3. The summed E-state index contributed by atoms with van der Waals surface area (Å²) in [6.45, 7) is 3.92. The van der Waals surface area contributed by atoms with Crippen molar-refractivity contribution in [3.63, 3.8) is 0 Å². The third kappa shape index (κ3) is 3.12. The maximum Gasteiger partial charge on any atom is 0.262 e. The number of benzene rings is 1. The fourth-order valence-electron chi connectivity index (χ4n) is 2.45. The van der Waals surface area contributed by atoms with Gasteiger partial charge in [-0.05, 0) is 31.5 Å². The van der Waals surface area contributed by atoms with Crippen LogP contribution in [0.25, 0.3) is 11.3 Å². The number of nitrogens with one attached hydrogen (secondary N) is 2. The van der Waals surface area contributed by atoms with E-state index in [0.717, 1.165) is 5.56 Å². The van der Waals surface area contributed by atoms with Crippen LogP contribution in [0.5, 0.6) is 0 Å². The van der Waals surface area contributed by atoms with Gasteiger partial charge in [-0.15, -0.1) is 0 Å². The maximum atomic E-state index is 12.4. The number of amides is 1. The molecule has 0 fully saturated rings. The van der Waals surface area contributed by atoms with Crippen molar-refractivity contribution >= 4 is 11.7 Å². The summed E-state index contributed by atoms with van der Waals surface area (Å²) in [4.78, 5) is 27.4. The molecule has 1 amide bonds. The summed E-state index contributed by atoms with van der Waals surface area (Å²) in [5.74, 6) is 0.0970. The average molecular weight is 322 g/mol. The van der Waals surface area contributed by atoms with Crippen LogP contribution in [0, 0.1) is 0 Å². The zero-order valence-corrected chi connectivity index (χ0v) is 13.5. The summed E-state index contributed by atoms with van der Waals surface area (Å²) >= 11 is 0. The molecule has 2 N–H and O–H groups in total. The number of nitrogens with zero attached hydrogens (tertiary/aromatic N) is 2. The number of H-pyrrole nitrogens is 1. The van der Waals surface area contributed by atoms with E-state index in [1.54, 1.807) is 23.0 Å². The molecule has 0 bridgehead atoms. The second-order valence-electron chi connectivity index (χ2n) is 5.69. The van der Waals surface area contributed by atoms with Gasteiger partial charge in [-0.25, -0.2) is 4.68 Å². The van der Waals surface area contributed by atoms with Gasteiger partial charge in [-0.3, -0.25) is 9.59 Å². The van der Waals surface area contributed by atoms with Crippen molar-refractivity contribution in [1.82, 2.24) is 14.8 Å². The topological polar surface area (TPSA) is 79.8 Å². The highest BCUT2D eigenvalue weighted by molar-refractivity contribution is 6.03. The molecular formula is C18H18N4O2. The molecule has 3 rings (SSSR count). The van der Waals surface area contributed by atoms with Gasteiger partial charge in [0.1, 0.15) is 11.4 Å². The highest BCUT2D eigenvalue weighted by Gasteiger charge is 2.14. The van der Waals surface area contributed by atoms with Crippen molar-refractivity contribution in [3.8, 4) is 11.3 Å². The lowest BCUT2D eigenvalue weighted by molar-refractivity contribution is 0.102. The number of rotatable bonds is 4. The first kappa shape index (κ1) is 15.7. The zero-order valence-electron chi connectivity index (χ0n) is 13.5. The Morgan fingerprint density at radius 2 is 1.88 bits per heavy atom. The number of carbonyl (C=O) groups excluding carboxylic acids is 1. The molecule has 1 aromatic carbocycles. The lowest BCUT2D eigenvalue weighted by Crippen LogP contribution is -2.24. The second kappa shape index (κ2) is 6.54. The Morgan fingerprint density at radius 3 is 2.54 bits per heavy atom. The van der Waals surface area contributed by atoms with Gasteiger partial charge in [0.25, 0.3) is 11.5 Å². The maximum absolute atomic E-state index is 12.4. The summed E-state index contributed by atoms with van der Waals surface area (Å²) in [6.07, 6.45) is 1.61.